The zero-order valence-electron chi connectivity index (χ0n) is 9.86. The molecule has 2 aromatic rings. The predicted molar refractivity (Wildman–Crippen MR) is 66.5 cm³/mol. The first-order chi connectivity index (χ1) is 8.61. The van der Waals surface area contributed by atoms with E-state index in [-0.39, 0.29) is 11.1 Å². The maximum atomic E-state index is 12.9. The highest BCUT2D eigenvalue weighted by Crippen LogP contribution is 2.27. The van der Waals surface area contributed by atoms with E-state index in [4.69, 9.17) is 21.9 Å². The van der Waals surface area contributed by atoms with Crippen molar-refractivity contribution in [3.05, 3.63) is 34.9 Å². The van der Waals surface area contributed by atoms with Crippen LogP contribution in [-0.4, -0.2) is 10.1 Å². The van der Waals surface area contributed by atoms with Gasteiger partial charge in [0.25, 0.3) is 0 Å². The molecule has 6 heteroatoms. The Morgan fingerprint density at radius 1 is 1.50 bits per heavy atom. The van der Waals surface area contributed by atoms with E-state index in [0.29, 0.717) is 17.3 Å². The summed E-state index contributed by atoms with van der Waals surface area (Å²) < 4.78 is 18.0. The van der Waals surface area contributed by atoms with Gasteiger partial charge in [-0.15, -0.1) is 0 Å². The first kappa shape index (κ1) is 13.0. The molecule has 1 heterocycles. The standard InChI is InChI=1S/C12H13ClFN3O/c1-2-3-10(15)12-16-11(17-18-12)8-5-4-7(14)6-9(8)13/h4-6,10H,2-3,15H2,1H3/t10-/m0/s1. The lowest BCUT2D eigenvalue weighted by Gasteiger charge is -2.02. The molecule has 0 aliphatic rings. The molecule has 0 aliphatic carbocycles. The maximum Gasteiger partial charge on any atom is 0.243 e. The monoisotopic (exact) mass is 269 g/mol. The second kappa shape index (κ2) is 5.46. The number of aromatic nitrogens is 2. The van der Waals surface area contributed by atoms with Crippen molar-refractivity contribution in [1.82, 2.24) is 10.1 Å². The Bertz CT molecular complexity index is 544. The highest BCUT2D eigenvalue weighted by molar-refractivity contribution is 6.33. The van der Waals surface area contributed by atoms with Gasteiger partial charge in [-0.3, -0.25) is 0 Å². The van der Waals surface area contributed by atoms with Gasteiger partial charge in [-0.1, -0.05) is 30.1 Å². The van der Waals surface area contributed by atoms with E-state index in [9.17, 15) is 4.39 Å². The van der Waals surface area contributed by atoms with Crippen LogP contribution in [0.4, 0.5) is 4.39 Å². The first-order valence-corrected chi connectivity index (χ1v) is 6.04. The third-order valence-corrected chi connectivity index (χ3v) is 2.84. The zero-order chi connectivity index (χ0) is 13.1. The number of hydrogen-bond donors (Lipinski definition) is 1. The van der Waals surface area contributed by atoms with Crippen LogP contribution in [-0.2, 0) is 0 Å². The summed E-state index contributed by atoms with van der Waals surface area (Å²) in [6, 6.07) is 3.73. The predicted octanol–water partition coefficient (Wildman–Crippen LogP) is 3.33. The summed E-state index contributed by atoms with van der Waals surface area (Å²) in [5.41, 5.74) is 6.39. The van der Waals surface area contributed by atoms with Gasteiger partial charge in [0.05, 0.1) is 11.1 Å². The van der Waals surface area contributed by atoms with Crippen LogP contribution in [0.3, 0.4) is 0 Å². The number of rotatable bonds is 4. The topological polar surface area (TPSA) is 64.9 Å². The van der Waals surface area contributed by atoms with E-state index in [0.717, 1.165) is 12.8 Å². The second-order valence-electron chi connectivity index (χ2n) is 3.98. The Morgan fingerprint density at radius 2 is 2.28 bits per heavy atom. The van der Waals surface area contributed by atoms with Crippen molar-refractivity contribution in [2.45, 2.75) is 25.8 Å². The van der Waals surface area contributed by atoms with Gasteiger partial charge in [0.2, 0.25) is 11.7 Å². The molecule has 0 bridgehead atoms. The second-order valence-corrected chi connectivity index (χ2v) is 4.38. The number of hydrogen-bond acceptors (Lipinski definition) is 4. The summed E-state index contributed by atoms with van der Waals surface area (Å²) in [5, 5.41) is 4.05. The van der Waals surface area contributed by atoms with Crippen LogP contribution >= 0.6 is 11.6 Å². The smallest absolute Gasteiger partial charge is 0.243 e. The van der Waals surface area contributed by atoms with Crippen LogP contribution in [0.15, 0.2) is 22.7 Å². The largest absolute Gasteiger partial charge is 0.337 e. The Morgan fingerprint density at radius 3 is 2.94 bits per heavy atom. The lowest BCUT2D eigenvalue weighted by molar-refractivity contribution is 0.348. The molecular formula is C12H13ClFN3O. The minimum Gasteiger partial charge on any atom is -0.337 e. The summed E-state index contributed by atoms with van der Waals surface area (Å²) >= 11 is 5.92. The quantitative estimate of drug-likeness (QED) is 0.925. The normalized spacial score (nSPS) is 12.7. The summed E-state index contributed by atoms with van der Waals surface area (Å²) in [7, 11) is 0. The Kier molecular flexibility index (Phi) is 3.93. The fourth-order valence-electron chi connectivity index (χ4n) is 1.60. The van der Waals surface area contributed by atoms with Crippen molar-refractivity contribution < 1.29 is 8.91 Å². The molecule has 0 saturated heterocycles. The molecule has 2 rings (SSSR count). The van der Waals surface area contributed by atoms with Crippen LogP contribution in [0.25, 0.3) is 11.4 Å². The van der Waals surface area contributed by atoms with Gasteiger partial charge in [0.15, 0.2) is 0 Å². The molecule has 2 N–H and O–H groups in total. The van der Waals surface area contributed by atoms with Gasteiger partial charge in [-0.2, -0.15) is 4.98 Å². The summed E-state index contributed by atoms with van der Waals surface area (Å²) in [4.78, 5) is 4.18. The average Bonchev–Trinajstić information content (AvgIpc) is 2.78. The third kappa shape index (κ3) is 2.68. The lowest BCUT2D eigenvalue weighted by atomic mass is 10.2. The molecule has 0 aliphatic heterocycles. The molecule has 0 spiro atoms. The van der Waals surface area contributed by atoms with Gasteiger partial charge in [0.1, 0.15) is 5.82 Å². The zero-order valence-corrected chi connectivity index (χ0v) is 10.6. The molecule has 0 saturated carbocycles. The summed E-state index contributed by atoms with van der Waals surface area (Å²) in [5.74, 6) is 0.281. The molecule has 0 fully saturated rings. The molecule has 0 unspecified atom stereocenters. The van der Waals surface area contributed by atoms with Gasteiger partial charge >= 0.3 is 0 Å². The van der Waals surface area contributed by atoms with Crippen molar-refractivity contribution in [3.63, 3.8) is 0 Å². The SMILES string of the molecule is CCC[C@H](N)c1nc(-c2ccc(F)cc2Cl)no1. The summed E-state index contributed by atoms with van der Waals surface area (Å²) in [6.45, 7) is 2.02. The molecule has 1 atom stereocenters. The third-order valence-electron chi connectivity index (χ3n) is 2.53. The van der Waals surface area contributed by atoms with E-state index in [2.05, 4.69) is 10.1 Å². The minimum absolute atomic E-state index is 0.242. The molecule has 0 radical (unpaired) electrons. The number of halogens is 2. The molecule has 18 heavy (non-hydrogen) atoms. The summed E-state index contributed by atoms with van der Waals surface area (Å²) in [6.07, 6.45) is 1.69. The maximum absolute atomic E-state index is 12.9. The average molecular weight is 270 g/mol. The Labute approximate surface area is 109 Å². The van der Waals surface area contributed by atoms with E-state index < -0.39 is 5.82 Å². The number of benzene rings is 1. The van der Waals surface area contributed by atoms with Crippen LogP contribution < -0.4 is 5.73 Å². The molecular weight excluding hydrogens is 257 g/mol. The highest BCUT2D eigenvalue weighted by atomic mass is 35.5. The molecule has 1 aromatic heterocycles. The Hall–Kier alpha value is -1.46. The van der Waals surface area contributed by atoms with Crippen molar-refractivity contribution in [3.8, 4) is 11.4 Å². The fourth-order valence-corrected chi connectivity index (χ4v) is 1.85. The van der Waals surface area contributed by atoms with E-state index in [1.54, 1.807) is 0 Å². The fraction of sp³-hybridized carbons (Fsp3) is 0.333. The number of nitrogens with two attached hydrogens (primary N) is 1. The molecule has 1 aromatic carbocycles. The van der Waals surface area contributed by atoms with Crippen LogP contribution in [0, 0.1) is 5.82 Å². The molecule has 0 amide bonds. The number of nitrogens with zero attached hydrogens (tertiary/aromatic N) is 2. The van der Waals surface area contributed by atoms with Crippen LogP contribution in [0.5, 0.6) is 0 Å². The van der Waals surface area contributed by atoms with Gasteiger partial charge in [0, 0.05) is 5.56 Å². The van der Waals surface area contributed by atoms with Gasteiger partial charge < -0.3 is 10.3 Å². The van der Waals surface area contributed by atoms with Crippen molar-refractivity contribution in [2.24, 2.45) is 5.73 Å². The lowest BCUT2D eigenvalue weighted by Crippen LogP contribution is -2.09. The van der Waals surface area contributed by atoms with E-state index in [1.165, 1.54) is 18.2 Å². The van der Waals surface area contributed by atoms with Crippen molar-refractivity contribution in [1.29, 1.82) is 0 Å². The van der Waals surface area contributed by atoms with E-state index >= 15 is 0 Å². The van der Waals surface area contributed by atoms with Crippen molar-refractivity contribution >= 4 is 11.6 Å². The minimum atomic E-state index is -0.407. The van der Waals surface area contributed by atoms with Crippen LogP contribution in [0.1, 0.15) is 31.7 Å². The molecule has 96 valence electrons. The first-order valence-electron chi connectivity index (χ1n) is 5.66. The Balaban J connectivity index is 2.29. The van der Waals surface area contributed by atoms with Crippen molar-refractivity contribution in [2.75, 3.05) is 0 Å². The molecule has 4 nitrogen and oxygen atoms in total. The van der Waals surface area contributed by atoms with E-state index in [1.807, 2.05) is 6.92 Å². The van der Waals surface area contributed by atoms with Crippen LogP contribution in [0.2, 0.25) is 5.02 Å². The van der Waals surface area contributed by atoms with Gasteiger partial charge in [-0.25, -0.2) is 4.39 Å². The van der Waals surface area contributed by atoms with Gasteiger partial charge in [-0.05, 0) is 24.6 Å². The highest BCUT2D eigenvalue weighted by Gasteiger charge is 2.16.